The smallest absolute Gasteiger partial charge is 0.357 e. The van der Waals surface area contributed by atoms with Gasteiger partial charge in [0.15, 0.2) is 5.70 Å². The normalized spacial score (nSPS) is 21.3. The molecule has 47 heavy (non-hydrogen) atoms. The standard InChI is InChI=1S/C33H30N4O8S2/c1-4-44-30(39)26-27(31(40)45-5-2)35-32-33(17-24(29(38)43-3)37(32)47(41,42)25-11-8-16-46-25)22-9-6-7-10-23(22)36(28(26)33)19-21-14-12-20(18-34)13-15-21/h6-16,24,28H,4-5,17,19H2,1-3H3/t24-,28?,33-/m0/s1. The third-order valence-corrected chi connectivity index (χ3v) is 11.7. The Balaban J connectivity index is 1.68. The molecule has 0 radical (unpaired) electrons. The number of thiophene rings is 1. The molecule has 0 N–H and O–H groups in total. The summed E-state index contributed by atoms with van der Waals surface area (Å²) < 4.78 is 45.8. The minimum atomic E-state index is -4.43. The van der Waals surface area contributed by atoms with Gasteiger partial charge in [0.25, 0.3) is 10.0 Å². The van der Waals surface area contributed by atoms with Gasteiger partial charge in [0, 0.05) is 12.2 Å². The number of anilines is 1. The number of sulfonamides is 1. The van der Waals surface area contributed by atoms with Crippen molar-refractivity contribution in [2.24, 2.45) is 4.99 Å². The molecule has 14 heteroatoms. The summed E-state index contributed by atoms with van der Waals surface area (Å²) in [6, 6.07) is 16.8. The largest absolute Gasteiger partial charge is 0.467 e. The van der Waals surface area contributed by atoms with Gasteiger partial charge in [-0.2, -0.15) is 5.26 Å². The third-order valence-electron chi connectivity index (χ3n) is 8.51. The van der Waals surface area contributed by atoms with E-state index in [-0.39, 0.29) is 41.8 Å². The first-order valence-corrected chi connectivity index (χ1v) is 17.1. The number of carbonyl (C=O) groups excluding carboxylic acids is 3. The number of hydrogen-bond donors (Lipinski definition) is 0. The summed E-state index contributed by atoms with van der Waals surface area (Å²) in [5.41, 5.74) is 0.534. The molecule has 1 unspecified atom stereocenters. The van der Waals surface area contributed by atoms with Gasteiger partial charge in [-0.05, 0) is 61.0 Å². The van der Waals surface area contributed by atoms with Crippen molar-refractivity contribution in [3.63, 3.8) is 0 Å². The van der Waals surface area contributed by atoms with E-state index in [2.05, 4.69) is 11.1 Å². The summed E-state index contributed by atoms with van der Waals surface area (Å²) >= 11 is 0.971. The SMILES string of the molecule is CCOC(=O)C1=C(C(=O)OCC)C2N(Cc3ccc(C#N)cc3)c3ccccc3[C@@]23C[C@@H](C(=O)OC)N(S(=O)(=O)c2cccs2)C3=N1. The number of ether oxygens (including phenoxy) is 3. The van der Waals surface area contributed by atoms with Crippen LogP contribution in [-0.4, -0.2) is 68.9 Å². The lowest BCUT2D eigenvalue weighted by Crippen LogP contribution is -2.55. The average molecular weight is 675 g/mol. The summed E-state index contributed by atoms with van der Waals surface area (Å²) in [6.45, 7) is 3.35. The Kier molecular flexibility index (Phi) is 8.37. The van der Waals surface area contributed by atoms with Crippen LogP contribution in [0.4, 0.5) is 5.69 Å². The Morgan fingerprint density at radius 2 is 1.72 bits per heavy atom. The minimum absolute atomic E-state index is 0.0129. The number of para-hydroxylation sites is 1. The molecule has 4 heterocycles. The topological polar surface area (TPSA) is 156 Å². The van der Waals surface area contributed by atoms with Crippen LogP contribution in [-0.2, 0) is 50.6 Å². The lowest BCUT2D eigenvalue weighted by Gasteiger charge is -2.40. The fourth-order valence-electron chi connectivity index (χ4n) is 6.72. The first-order valence-electron chi connectivity index (χ1n) is 14.8. The minimum Gasteiger partial charge on any atom is -0.467 e. The van der Waals surface area contributed by atoms with Gasteiger partial charge < -0.3 is 19.1 Å². The van der Waals surface area contributed by atoms with Crippen molar-refractivity contribution >= 4 is 50.8 Å². The number of methoxy groups -OCH3 is 1. The van der Waals surface area contributed by atoms with Gasteiger partial charge in [0.2, 0.25) is 0 Å². The fourth-order valence-corrected chi connectivity index (χ4v) is 9.44. The van der Waals surface area contributed by atoms with Crippen LogP contribution in [0.25, 0.3) is 0 Å². The van der Waals surface area contributed by atoms with Crippen LogP contribution in [0.1, 0.15) is 37.0 Å². The maximum Gasteiger partial charge on any atom is 0.357 e. The molecule has 1 saturated heterocycles. The first-order chi connectivity index (χ1) is 22.6. The third kappa shape index (κ3) is 4.97. The zero-order valence-electron chi connectivity index (χ0n) is 25.7. The van der Waals surface area contributed by atoms with Crippen molar-refractivity contribution in [3.8, 4) is 6.07 Å². The molecular weight excluding hydrogens is 645 g/mol. The molecule has 1 aromatic heterocycles. The van der Waals surface area contributed by atoms with E-state index in [1.165, 1.54) is 13.2 Å². The number of fused-ring (bicyclic) bond motifs is 1. The lowest BCUT2D eigenvalue weighted by atomic mass is 9.69. The number of rotatable bonds is 9. The molecule has 3 aliphatic rings. The average Bonchev–Trinajstić information content (AvgIpc) is 3.80. The Bertz CT molecular complexity index is 1970. The van der Waals surface area contributed by atoms with Crippen LogP contribution in [0.2, 0.25) is 0 Å². The highest BCUT2D eigenvalue weighted by atomic mass is 32.2. The molecule has 0 bridgehead atoms. The number of aliphatic imine (C=N–C) groups is 1. The molecule has 1 fully saturated rings. The highest BCUT2D eigenvalue weighted by Gasteiger charge is 2.69. The molecule has 0 amide bonds. The van der Waals surface area contributed by atoms with Gasteiger partial charge in [0.1, 0.15) is 16.1 Å². The quantitative estimate of drug-likeness (QED) is 0.242. The van der Waals surface area contributed by atoms with E-state index in [9.17, 15) is 28.1 Å². The van der Waals surface area contributed by atoms with Crippen LogP contribution in [0.3, 0.4) is 0 Å². The first kappa shape index (κ1) is 32.0. The molecule has 6 rings (SSSR count). The molecule has 0 aliphatic carbocycles. The molecule has 12 nitrogen and oxygen atoms in total. The predicted molar refractivity (Wildman–Crippen MR) is 171 cm³/mol. The zero-order valence-corrected chi connectivity index (χ0v) is 27.3. The molecular formula is C33H30N4O8S2. The molecule has 2 aromatic carbocycles. The van der Waals surface area contributed by atoms with Gasteiger partial charge in [-0.25, -0.2) is 32.1 Å². The van der Waals surface area contributed by atoms with Gasteiger partial charge in [0.05, 0.1) is 49.0 Å². The summed E-state index contributed by atoms with van der Waals surface area (Å²) in [7, 11) is -3.26. The second-order valence-electron chi connectivity index (χ2n) is 10.9. The molecule has 3 aromatic rings. The monoisotopic (exact) mass is 674 g/mol. The zero-order chi connectivity index (χ0) is 33.5. The van der Waals surface area contributed by atoms with Crippen molar-refractivity contribution in [1.82, 2.24) is 4.31 Å². The fraction of sp³-hybridized carbons (Fsp3) is 0.303. The van der Waals surface area contributed by atoms with E-state index in [4.69, 9.17) is 14.2 Å². The van der Waals surface area contributed by atoms with Gasteiger partial charge >= 0.3 is 17.9 Å². The Hall–Kier alpha value is -5.00. The number of esters is 3. The maximum atomic E-state index is 14.4. The second-order valence-corrected chi connectivity index (χ2v) is 13.9. The molecule has 0 saturated carbocycles. The molecule has 242 valence electrons. The number of hydrogen-bond acceptors (Lipinski definition) is 12. The van der Waals surface area contributed by atoms with Crippen LogP contribution >= 0.6 is 11.3 Å². The number of amidine groups is 1. The van der Waals surface area contributed by atoms with Crippen LogP contribution in [0.5, 0.6) is 0 Å². The van der Waals surface area contributed by atoms with E-state index in [1.807, 2.05) is 23.1 Å². The highest BCUT2D eigenvalue weighted by Crippen LogP contribution is 2.59. The van der Waals surface area contributed by atoms with Gasteiger partial charge in [-0.1, -0.05) is 36.4 Å². The van der Waals surface area contributed by atoms with Crippen molar-refractivity contribution in [1.29, 1.82) is 5.26 Å². The van der Waals surface area contributed by atoms with Crippen molar-refractivity contribution in [2.75, 3.05) is 25.2 Å². The van der Waals surface area contributed by atoms with E-state index in [0.717, 1.165) is 21.2 Å². The maximum absolute atomic E-state index is 14.4. The van der Waals surface area contributed by atoms with E-state index in [0.29, 0.717) is 16.8 Å². The number of nitriles is 1. The van der Waals surface area contributed by atoms with E-state index in [1.54, 1.807) is 55.6 Å². The summed E-state index contributed by atoms with van der Waals surface area (Å²) in [5.74, 6) is -2.69. The van der Waals surface area contributed by atoms with Crippen molar-refractivity contribution < 1.29 is 37.0 Å². The van der Waals surface area contributed by atoms with Gasteiger partial charge in [-0.15, -0.1) is 11.3 Å². The van der Waals surface area contributed by atoms with Crippen LogP contribution in [0.15, 0.2) is 86.5 Å². The second kappa shape index (κ2) is 12.3. The molecule has 3 atom stereocenters. The predicted octanol–water partition coefficient (Wildman–Crippen LogP) is 3.67. The van der Waals surface area contributed by atoms with E-state index < -0.39 is 51.1 Å². The van der Waals surface area contributed by atoms with Crippen LogP contribution in [0, 0.1) is 11.3 Å². The lowest BCUT2D eigenvalue weighted by molar-refractivity contribution is -0.144. The Morgan fingerprint density at radius 1 is 1.02 bits per heavy atom. The number of carbonyl (C=O) groups is 3. The molecule has 3 aliphatic heterocycles. The van der Waals surface area contributed by atoms with E-state index >= 15 is 0 Å². The van der Waals surface area contributed by atoms with Gasteiger partial charge in [-0.3, -0.25) is 0 Å². The summed E-state index contributed by atoms with van der Waals surface area (Å²) in [5, 5.41) is 11.0. The Labute approximate surface area is 275 Å². The summed E-state index contributed by atoms with van der Waals surface area (Å²) in [6.07, 6.45) is -0.145. The highest BCUT2D eigenvalue weighted by molar-refractivity contribution is 7.91. The Morgan fingerprint density at radius 3 is 2.36 bits per heavy atom. The summed E-state index contributed by atoms with van der Waals surface area (Å²) in [4.78, 5) is 47.7. The van der Waals surface area contributed by atoms with Crippen molar-refractivity contribution in [2.45, 2.75) is 48.5 Å². The number of benzene rings is 2. The molecule has 1 spiro atoms. The van der Waals surface area contributed by atoms with Crippen molar-refractivity contribution in [3.05, 3.63) is 94.0 Å². The van der Waals surface area contributed by atoms with Crippen LogP contribution < -0.4 is 4.90 Å². The number of nitrogens with zero attached hydrogens (tertiary/aromatic N) is 4.